The Hall–Kier alpha value is -1.56. The van der Waals surface area contributed by atoms with Crippen LogP contribution in [-0.2, 0) is 36.1 Å². The Morgan fingerprint density at radius 3 is 2.62 bits per heavy atom. The van der Waals surface area contributed by atoms with Gasteiger partial charge in [0.15, 0.2) is 17.4 Å². The number of morpholine rings is 1. The van der Waals surface area contributed by atoms with E-state index in [9.17, 15) is 33.4 Å². The number of fused-ring (bicyclic) bond motifs is 3. The fourth-order valence-electron chi connectivity index (χ4n) is 3.57. The molecule has 2 fully saturated rings. The topological polar surface area (TPSA) is 280 Å². The number of aromatic nitrogens is 4. The third kappa shape index (κ3) is 4.76. The van der Waals surface area contributed by atoms with Crippen LogP contribution >= 0.6 is 23.5 Å². The zero-order chi connectivity index (χ0) is 25.1. The molecule has 34 heavy (non-hydrogen) atoms. The fraction of sp³-hybridized carbons (Fsp3) is 0.583. The van der Waals surface area contributed by atoms with Crippen molar-refractivity contribution >= 4 is 40.6 Å². The molecule has 0 saturated carbocycles. The van der Waals surface area contributed by atoms with E-state index in [0.717, 1.165) is 0 Å². The molecule has 7 atom stereocenters. The molecule has 22 heteroatoms. The normalized spacial score (nSPS) is 31.9. The van der Waals surface area contributed by atoms with E-state index in [1.54, 1.807) is 0 Å². The predicted octanol–water partition coefficient (Wildman–Crippen LogP) is -1.70. The van der Waals surface area contributed by atoms with Gasteiger partial charge in [0.2, 0.25) is 5.95 Å². The van der Waals surface area contributed by atoms with Crippen LogP contribution in [0.25, 0.3) is 11.2 Å². The highest BCUT2D eigenvalue weighted by Gasteiger charge is 2.61. The van der Waals surface area contributed by atoms with Crippen LogP contribution in [0, 0.1) is 0 Å². The number of imidazole rings is 1. The second-order valence-electron chi connectivity index (χ2n) is 7.22. The molecule has 19 nitrogen and oxygen atoms in total. The molecule has 2 aliphatic heterocycles. The fourth-order valence-corrected chi connectivity index (χ4v) is 6.88. The van der Waals surface area contributed by atoms with Crippen molar-refractivity contribution in [3.63, 3.8) is 0 Å². The van der Waals surface area contributed by atoms with Gasteiger partial charge in [0.1, 0.15) is 11.7 Å². The number of hydrogen-bond donors (Lipinski definition) is 7. The average Bonchev–Trinajstić information content (AvgIpc) is 3.34. The number of aromatic amines is 1. The molecule has 8 N–H and O–H groups in total. The Kier molecular flexibility index (Phi) is 6.41. The standard InChI is InChI=1S/C12H19N6O13P3/c1-27-32(21,22)30-34(25,26)31-33(23,24)28-3-12-2-14-5(7(12)19)10(29-12)18-4-15-6-8(18)16-11(13)17-9(6)20/h4-5,7,10,14,19H,2-3H2,1H3,(H,21,22)(H,23,24)(H,25,26)(H3,13,16,17,20)/t5-,7+,10-,12-/m1/s1. The lowest BCUT2D eigenvalue weighted by Gasteiger charge is -2.31. The van der Waals surface area contributed by atoms with E-state index in [1.807, 2.05) is 0 Å². The van der Waals surface area contributed by atoms with Gasteiger partial charge in [-0.05, 0) is 0 Å². The van der Waals surface area contributed by atoms with Gasteiger partial charge in [0.05, 0.1) is 19.0 Å². The minimum atomic E-state index is -5.60. The summed E-state index contributed by atoms with van der Waals surface area (Å²) in [5, 5.41) is 13.6. The lowest BCUT2D eigenvalue weighted by atomic mass is 10.0. The molecule has 2 saturated heterocycles. The van der Waals surface area contributed by atoms with Crippen LogP contribution in [0.2, 0.25) is 0 Å². The summed E-state index contributed by atoms with van der Waals surface area (Å²) < 4.78 is 58.8. The maximum Gasteiger partial charge on any atom is 0.490 e. The van der Waals surface area contributed by atoms with Crippen LogP contribution in [0.5, 0.6) is 0 Å². The predicted molar refractivity (Wildman–Crippen MR) is 108 cm³/mol. The number of nitrogens with one attached hydrogen (secondary N) is 2. The number of hydrogen-bond acceptors (Lipinski definition) is 14. The Bertz CT molecular complexity index is 1310. The number of nitrogens with two attached hydrogens (primary N) is 1. The van der Waals surface area contributed by atoms with Crippen molar-refractivity contribution in [1.82, 2.24) is 24.8 Å². The second-order valence-corrected chi connectivity index (χ2v) is 12.0. The molecule has 0 aromatic carbocycles. The number of phosphoric ester groups is 2. The Balaban J connectivity index is 1.51. The minimum absolute atomic E-state index is 0.0463. The minimum Gasteiger partial charge on any atom is -0.388 e. The van der Waals surface area contributed by atoms with Gasteiger partial charge in [-0.1, -0.05) is 0 Å². The first kappa shape index (κ1) is 25.5. The first-order valence-corrected chi connectivity index (χ1v) is 13.6. The summed E-state index contributed by atoms with van der Waals surface area (Å²) in [5.74, 6) is -0.191. The number of anilines is 1. The van der Waals surface area contributed by atoms with Crippen molar-refractivity contribution in [3.05, 3.63) is 16.7 Å². The summed E-state index contributed by atoms with van der Waals surface area (Å²) in [6, 6.07) is -0.809. The van der Waals surface area contributed by atoms with E-state index in [2.05, 4.69) is 33.4 Å². The first-order chi connectivity index (χ1) is 15.7. The highest BCUT2D eigenvalue weighted by molar-refractivity contribution is 7.66. The molecular formula is C12H19N6O13P3. The number of rotatable bonds is 9. The summed E-state index contributed by atoms with van der Waals surface area (Å²) in [4.78, 5) is 50.6. The molecule has 2 aromatic rings. The van der Waals surface area contributed by atoms with E-state index in [1.165, 1.54) is 10.9 Å². The maximum absolute atomic E-state index is 12.2. The quantitative estimate of drug-likeness (QED) is 0.172. The zero-order valence-corrected chi connectivity index (χ0v) is 19.6. The van der Waals surface area contributed by atoms with E-state index in [4.69, 9.17) is 19.9 Å². The summed E-state index contributed by atoms with van der Waals surface area (Å²) in [7, 11) is -15.4. The SMILES string of the molecule is COP(=O)(O)OP(=O)(O)OP(=O)(O)OC[C@@]12CN[C@@H]([C@H](n3cnc4c(=O)[nH]c(N)nc43)O1)[C@@H]2O. The molecule has 2 bridgehead atoms. The molecular weight excluding hydrogens is 529 g/mol. The van der Waals surface area contributed by atoms with Crippen molar-refractivity contribution in [2.24, 2.45) is 0 Å². The van der Waals surface area contributed by atoms with Gasteiger partial charge in [0, 0.05) is 13.7 Å². The van der Waals surface area contributed by atoms with Crippen molar-refractivity contribution < 1.29 is 55.9 Å². The van der Waals surface area contributed by atoms with Crippen molar-refractivity contribution in [3.8, 4) is 0 Å². The monoisotopic (exact) mass is 548 g/mol. The molecule has 2 aliphatic rings. The van der Waals surface area contributed by atoms with E-state index in [-0.39, 0.29) is 23.7 Å². The third-order valence-electron chi connectivity index (χ3n) is 5.02. The number of aliphatic hydroxyl groups excluding tert-OH is 1. The summed E-state index contributed by atoms with van der Waals surface area (Å²) in [6.45, 7) is -0.924. The van der Waals surface area contributed by atoms with Crippen molar-refractivity contribution in [1.29, 1.82) is 0 Å². The van der Waals surface area contributed by atoms with Gasteiger partial charge in [0.25, 0.3) is 5.56 Å². The number of nitrogen functional groups attached to an aromatic ring is 1. The van der Waals surface area contributed by atoms with Crippen LogP contribution in [-0.4, -0.2) is 77.3 Å². The van der Waals surface area contributed by atoms with Crippen LogP contribution in [0.3, 0.4) is 0 Å². The summed E-state index contributed by atoms with van der Waals surface area (Å²) in [5.41, 5.74) is 3.31. The van der Waals surface area contributed by atoms with E-state index < -0.39 is 59.6 Å². The number of H-pyrrole nitrogens is 1. The number of aliphatic hydroxyl groups is 1. The molecule has 0 amide bonds. The van der Waals surface area contributed by atoms with E-state index >= 15 is 0 Å². The van der Waals surface area contributed by atoms with E-state index in [0.29, 0.717) is 7.11 Å². The van der Waals surface area contributed by atoms with Crippen molar-refractivity contribution in [2.75, 3.05) is 26.0 Å². The number of nitrogens with zero attached hydrogens (tertiary/aromatic N) is 3. The smallest absolute Gasteiger partial charge is 0.388 e. The Morgan fingerprint density at radius 2 is 1.94 bits per heavy atom. The number of ether oxygens (including phenoxy) is 1. The molecule has 2 aromatic heterocycles. The Morgan fingerprint density at radius 1 is 1.26 bits per heavy atom. The summed E-state index contributed by atoms with van der Waals surface area (Å²) >= 11 is 0. The van der Waals surface area contributed by atoms with Gasteiger partial charge < -0.3 is 35.6 Å². The highest BCUT2D eigenvalue weighted by Crippen LogP contribution is 2.67. The largest absolute Gasteiger partial charge is 0.490 e. The van der Waals surface area contributed by atoms with Gasteiger partial charge >= 0.3 is 23.5 Å². The lowest BCUT2D eigenvalue weighted by Crippen LogP contribution is -2.46. The Labute approximate surface area is 188 Å². The zero-order valence-electron chi connectivity index (χ0n) is 16.9. The van der Waals surface area contributed by atoms with Crippen LogP contribution in [0.4, 0.5) is 5.95 Å². The molecule has 0 spiro atoms. The lowest BCUT2D eigenvalue weighted by molar-refractivity contribution is -0.128. The summed E-state index contributed by atoms with van der Waals surface area (Å²) in [6.07, 6.45) is -1.12. The van der Waals surface area contributed by atoms with Gasteiger partial charge in [-0.2, -0.15) is 13.6 Å². The van der Waals surface area contributed by atoms with Crippen LogP contribution in [0.15, 0.2) is 11.1 Å². The highest BCUT2D eigenvalue weighted by atomic mass is 31.3. The molecule has 4 rings (SSSR count). The third-order valence-corrected chi connectivity index (χ3v) is 9.24. The van der Waals surface area contributed by atoms with Gasteiger partial charge in [-0.3, -0.25) is 23.4 Å². The number of phosphoric acid groups is 3. The van der Waals surface area contributed by atoms with Gasteiger partial charge in [-0.25, -0.2) is 18.7 Å². The maximum atomic E-state index is 12.2. The molecule has 3 unspecified atom stereocenters. The molecule has 4 heterocycles. The van der Waals surface area contributed by atoms with Crippen molar-refractivity contribution in [2.45, 2.75) is 24.0 Å². The molecule has 0 radical (unpaired) electrons. The second kappa shape index (κ2) is 8.53. The van der Waals surface area contributed by atoms with Crippen LogP contribution < -0.4 is 16.6 Å². The molecule has 190 valence electrons. The molecule has 0 aliphatic carbocycles. The van der Waals surface area contributed by atoms with Gasteiger partial charge in [-0.15, -0.1) is 0 Å². The first-order valence-electron chi connectivity index (χ1n) is 9.10. The van der Waals surface area contributed by atoms with Crippen LogP contribution in [0.1, 0.15) is 6.23 Å². The average molecular weight is 548 g/mol.